The third kappa shape index (κ3) is 1.53. The Morgan fingerprint density at radius 3 is 2.89 bits per heavy atom. The summed E-state index contributed by atoms with van der Waals surface area (Å²) in [6, 6.07) is 3.39. The van der Waals surface area contributed by atoms with Crippen molar-refractivity contribution in [2.75, 3.05) is 0 Å². The van der Waals surface area contributed by atoms with E-state index in [4.69, 9.17) is 0 Å². The monoisotopic (exact) mass is 244 g/mol. The number of fused-ring (bicyclic) bond motifs is 1. The van der Waals surface area contributed by atoms with Crippen LogP contribution in [-0.4, -0.2) is 19.7 Å². The van der Waals surface area contributed by atoms with Crippen molar-refractivity contribution >= 4 is 10.9 Å². The molecular formula is C11H8N4O3. The van der Waals surface area contributed by atoms with Crippen molar-refractivity contribution in [3.05, 3.63) is 51.3 Å². The van der Waals surface area contributed by atoms with Gasteiger partial charge in [0.25, 0.3) is 0 Å². The topological polar surface area (TPSA) is 93.8 Å². The lowest BCUT2D eigenvalue weighted by Crippen LogP contribution is -2.15. The van der Waals surface area contributed by atoms with Gasteiger partial charge in [0.05, 0.1) is 16.6 Å². The number of nitrogens with one attached hydrogen (secondary N) is 1. The van der Waals surface area contributed by atoms with E-state index in [9.17, 15) is 9.59 Å². The van der Waals surface area contributed by atoms with Crippen LogP contribution in [-0.2, 0) is 0 Å². The maximum Gasteiger partial charge on any atom is 0.419 e. The van der Waals surface area contributed by atoms with Crippen molar-refractivity contribution in [1.82, 2.24) is 19.7 Å². The van der Waals surface area contributed by atoms with Crippen molar-refractivity contribution in [1.29, 1.82) is 0 Å². The average molecular weight is 244 g/mol. The second-order valence-corrected chi connectivity index (χ2v) is 3.83. The minimum absolute atomic E-state index is 0.306. The normalized spacial score (nSPS) is 10.9. The quantitative estimate of drug-likeness (QED) is 0.667. The van der Waals surface area contributed by atoms with Gasteiger partial charge in [-0.05, 0) is 24.6 Å². The molecule has 2 aromatic heterocycles. The Hall–Kier alpha value is -2.70. The number of rotatable bonds is 1. The molecule has 7 heteroatoms. The third-order valence-corrected chi connectivity index (χ3v) is 2.64. The van der Waals surface area contributed by atoms with Gasteiger partial charge in [0, 0.05) is 0 Å². The number of aryl methyl sites for hydroxylation is 1. The van der Waals surface area contributed by atoms with Crippen LogP contribution in [0.3, 0.4) is 0 Å². The zero-order chi connectivity index (χ0) is 12.7. The van der Waals surface area contributed by atoms with Crippen LogP contribution in [0.5, 0.6) is 0 Å². The van der Waals surface area contributed by atoms with E-state index >= 15 is 0 Å². The van der Waals surface area contributed by atoms with E-state index in [-0.39, 0.29) is 0 Å². The summed E-state index contributed by atoms with van der Waals surface area (Å²) >= 11 is 0. The summed E-state index contributed by atoms with van der Waals surface area (Å²) in [7, 11) is 0. The van der Waals surface area contributed by atoms with Crippen molar-refractivity contribution < 1.29 is 4.42 Å². The van der Waals surface area contributed by atoms with Crippen molar-refractivity contribution in [2.24, 2.45) is 0 Å². The van der Waals surface area contributed by atoms with Gasteiger partial charge >= 0.3 is 11.4 Å². The van der Waals surface area contributed by atoms with Crippen LogP contribution >= 0.6 is 0 Å². The highest BCUT2D eigenvalue weighted by Crippen LogP contribution is 2.17. The number of hydrogen-bond donors (Lipinski definition) is 1. The SMILES string of the molecule is Cc1cc(-n2cncn2)cc2c(=O)oc(=O)[nH]c12. The molecule has 0 amide bonds. The summed E-state index contributed by atoms with van der Waals surface area (Å²) in [5.74, 6) is -0.760. The number of H-pyrrole nitrogens is 1. The van der Waals surface area contributed by atoms with Gasteiger partial charge in [-0.15, -0.1) is 0 Å². The lowest BCUT2D eigenvalue weighted by Gasteiger charge is -2.05. The van der Waals surface area contributed by atoms with Gasteiger partial charge < -0.3 is 4.42 Å². The standard InChI is InChI=1S/C11H8N4O3/c1-6-2-7(15-5-12-4-13-15)3-8-9(6)14-11(17)18-10(8)16/h2-5H,1H3,(H,14,17). The average Bonchev–Trinajstić information content (AvgIpc) is 2.83. The fourth-order valence-electron chi connectivity index (χ4n) is 1.84. The highest BCUT2D eigenvalue weighted by Gasteiger charge is 2.08. The van der Waals surface area contributed by atoms with Crippen LogP contribution in [0.25, 0.3) is 16.6 Å². The van der Waals surface area contributed by atoms with E-state index in [0.717, 1.165) is 5.56 Å². The summed E-state index contributed by atoms with van der Waals surface area (Å²) < 4.78 is 6.03. The molecule has 0 spiro atoms. The Labute approximate surface area is 99.7 Å². The van der Waals surface area contributed by atoms with Gasteiger partial charge in [-0.1, -0.05) is 0 Å². The Morgan fingerprint density at radius 2 is 2.17 bits per heavy atom. The van der Waals surface area contributed by atoms with Crippen LogP contribution in [0.2, 0.25) is 0 Å². The summed E-state index contributed by atoms with van der Waals surface area (Å²) in [5.41, 5.74) is 1.23. The van der Waals surface area contributed by atoms with Gasteiger partial charge in [-0.3, -0.25) is 4.98 Å². The molecule has 0 radical (unpaired) electrons. The highest BCUT2D eigenvalue weighted by atomic mass is 16.4. The van der Waals surface area contributed by atoms with Crippen LogP contribution in [0, 0.1) is 6.92 Å². The zero-order valence-electron chi connectivity index (χ0n) is 9.38. The first-order chi connectivity index (χ1) is 8.65. The number of aromatic nitrogens is 4. The highest BCUT2D eigenvalue weighted by molar-refractivity contribution is 5.82. The molecule has 1 aromatic carbocycles. The molecule has 0 bridgehead atoms. The largest absolute Gasteiger partial charge is 0.419 e. The second kappa shape index (κ2) is 3.66. The lowest BCUT2D eigenvalue weighted by molar-refractivity contribution is 0.460. The molecule has 0 saturated heterocycles. The van der Waals surface area contributed by atoms with Gasteiger partial charge in [0.15, 0.2) is 0 Å². The Morgan fingerprint density at radius 1 is 1.33 bits per heavy atom. The van der Waals surface area contributed by atoms with Gasteiger partial charge in [-0.2, -0.15) is 5.10 Å². The summed E-state index contributed by atoms with van der Waals surface area (Å²) in [5, 5.41) is 4.29. The van der Waals surface area contributed by atoms with Gasteiger partial charge in [-0.25, -0.2) is 19.3 Å². The molecule has 3 aromatic rings. The Balaban J connectivity index is 2.41. The molecule has 3 rings (SSSR count). The van der Waals surface area contributed by atoms with Crippen molar-refractivity contribution in [3.8, 4) is 5.69 Å². The van der Waals surface area contributed by atoms with Crippen LogP contribution < -0.4 is 11.4 Å². The predicted molar refractivity (Wildman–Crippen MR) is 62.8 cm³/mol. The van der Waals surface area contributed by atoms with Crippen LogP contribution in [0.4, 0.5) is 0 Å². The Bertz CT molecular complexity index is 830. The minimum Gasteiger partial charge on any atom is -0.372 e. The number of benzene rings is 1. The molecule has 0 aliphatic rings. The fraction of sp³-hybridized carbons (Fsp3) is 0.0909. The smallest absolute Gasteiger partial charge is 0.372 e. The summed E-state index contributed by atoms with van der Waals surface area (Å²) in [4.78, 5) is 29.1. The molecule has 0 saturated carbocycles. The van der Waals surface area contributed by atoms with Crippen LogP contribution in [0.15, 0.2) is 38.8 Å². The van der Waals surface area contributed by atoms with E-state index in [1.54, 1.807) is 19.1 Å². The summed E-state index contributed by atoms with van der Waals surface area (Å²) in [6.07, 6.45) is 2.92. The number of hydrogen-bond acceptors (Lipinski definition) is 5. The molecule has 0 unspecified atom stereocenters. The van der Waals surface area contributed by atoms with E-state index in [1.807, 2.05) is 0 Å². The second-order valence-electron chi connectivity index (χ2n) is 3.83. The number of nitrogens with zero attached hydrogens (tertiary/aromatic N) is 3. The molecule has 1 N–H and O–H groups in total. The van der Waals surface area contributed by atoms with E-state index < -0.39 is 11.4 Å². The van der Waals surface area contributed by atoms with Crippen LogP contribution in [0.1, 0.15) is 5.56 Å². The first kappa shape index (κ1) is 10.5. The van der Waals surface area contributed by atoms with Gasteiger partial charge in [0.1, 0.15) is 12.7 Å². The third-order valence-electron chi connectivity index (χ3n) is 2.64. The molecule has 0 aliphatic heterocycles. The summed E-state index contributed by atoms with van der Waals surface area (Å²) in [6.45, 7) is 1.79. The molecular weight excluding hydrogens is 236 g/mol. The minimum atomic E-state index is -0.760. The predicted octanol–water partition coefficient (Wildman–Crippen LogP) is 0.370. The molecule has 2 heterocycles. The van der Waals surface area contributed by atoms with E-state index in [0.29, 0.717) is 16.6 Å². The van der Waals surface area contributed by atoms with Crippen molar-refractivity contribution in [3.63, 3.8) is 0 Å². The molecule has 0 fully saturated rings. The fourth-order valence-corrected chi connectivity index (χ4v) is 1.84. The molecule has 18 heavy (non-hydrogen) atoms. The maximum absolute atomic E-state index is 11.6. The van der Waals surface area contributed by atoms with Crippen molar-refractivity contribution in [2.45, 2.75) is 6.92 Å². The van der Waals surface area contributed by atoms with Gasteiger partial charge in [0.2, 0.25) is 0 Å². The molecule has 0 atom stereocenters. The number of aromatic amines is 1. The maximum atomic E-state index is 11.6. The van der Waals surface area contributed by atoms with E-state index in [1.165, 1.54) is 17.3 Å². The first-order valence-corrected chi connectivity index (χ1v) is 5.18. The lowest BCUT2D eigenvalue weighted by atomic mass is 10.1. The molecule has 7 nitrogen and oxygen atoms in total. The molecule has 0 aliphatic carbocycles. The Kier molecular flexibility index (Phi) is 2.12. The first-order valence-electron chi connectivity index (χ1n) is 5.18. The zero-order valence-corrected chi connectivity index (χ0v) is 9.38. The van der Waals surface area contributed by atoms with E-state index in [2.05, 4.69) is 19.5 Å². The molecule has 90 valence electrons.